The van der Waals surface area contributed by atoms with Crippen LogP contribution in [-0.4, -0.2) is 60.6 Å². The standard InChI is InChI=1S/C29H31FN2O4S/c1-20-4-6-21(7-5-20)29(34)31(17-24-3-2-15-35-24)18-28(33)32-14-12-27-25(13-16-37-27)26(32)19-36-23-10-8-22(30)9-11-23/h4-11,13,16,24,26H,2-3,12,14-15,17-19H2,1H3/t24-,26-/m0/s1. The van der Waals surface area contributed by atoms with Crippen molar-refractivity contribution >= 4 is 23.2 Å². The molecular weight excluding hydrogens is 491 g/mol. The van der Waals surface area contributed by atoms with Crippen LogP contribution in [0.1, 0.15) is 45.2 Å². The summed E-state index contributed by atoms with van der Waals surface area (Å²) in [6, 6.07) is 15.1. The molecule has 194 valence electrons. The van der Waals surface area contributed by atoms with Crippen LogP contribution in [0.25, 0.3) is 0 Å². The molecule has 5 rings (SSSR count). The second-order valence-corrected chi connectivity index (χ2v) is 10.6. The molecule has 0 radical (unpaired) electrons. The Bertz CT molecular complexity index is 1220. The second kappa shape index (κ2) is 11.4. The average Bonchev–Trinajstić information content (AvgIpc) is 3.60. The van der Waals surface area contributed by atoms with Crippen molar-refractivity contribution in [2.24, 2.45) is 0 Å². The van der Waals surface area contributed by atoms with Gasteiger partial charge in [-0.2, -0.15) is 0 Å². The van der Waals surface area contributed by atoms with E-state index in [1.165, 1.54) is 17.0 Å². The number of rotatable bonds is 8. The van der Waals surface area contributed by atoms with Crippen molar-refractivity contribution in [2.45, 2.75) is 38.3 Å². The zero-order chi connectivity index (χ0) is 25.8. The maximum atomic E-state index is 13.8. The fraction of sp³-hybridized carbons (Fsp3) is 0.379. The molecular formula is C29H31FN2O4S. The molecule has 2 aliphatic heterocycles. The summed E-state index contributed by atoms with van der Waals surface area (Å²) in [5.74, 6) is -0.0727. The normalized spacial score (nSPS) is 18.9. The number of hydrogen-bond acceptors (Lipinski definition) is 5. The minimum atomic E-state index is -0.327. The molecule has 1 aromatic heterocycles. The lowest BCUT2D eigenvalue weighted by atomic mass is 10.00. The number of carbonyl (C=O) groups excluding carboxylic acids is 2. The molecule has 0 spiro atoms. The third-order valence-electron chi connectivity index (χ3n) is 7.00. The highest BCUT2D eigenvalue weighted by Gasteiger charge is 2.34. The van der Waals surface area contributed by atoms with Gasteiger partial charge in [0.25, 0.3) is 5.91 Å². The van der Waals surface area contributed by atoms with Gasteiger partial charge in [0.2, 0.25) is 5.91 Å². The number of hydrogen-bond donors (Lipinski definition) is 0. The van der Waals surface area contributed by atoms with Crippen LogP contribution in [0.4, 0.5) is 4.39 Å². The molecule has 0 aliphatic carbocycles. The number of benzene rings is 2. The van der Waals surface area contributed by atoms with Crippen LogP contribution in [0.15, 0.2) is 60.0 Å². The van der Waals surface area contributed by atoms with E-state index < -0.39 is 0 Å². The van der Waals surface area contributed by atoms with Gasteiger partial charge in [-0.1, -0.05) is 17.7 Å². The van der Waals surface area contributed by atoms with Gasteiger partial charge >= 0.3 is 0 Å². The van der Waals surface area contributed by atoms with Gasteiger partial charge in [0, 0.05) is 30.1 Å². The fourth-order valence-corrected chi connectivity index (χ4v) is 5.90. The lowest BCUT2D eigenvalue weighted by molar-refractivity contribution is -0.135. The molecule has 8 heteroatoms. The zero-order valence-electron chi connectivity index (χ0n) is 20.9. The summed E-state index contributed by atoms with van der Waals surface area (Å²) < 4.78 is 25.1. The highest BCUT2D eigenvalue weighted by molar-refractivity contribution is 7.10. The SMILES string of the molecule is Cc1ccc(C(=O)N(CC(=O)N2CCc3sccc3[C@@H]2COc2ccc(F)cc2)C[C@@H]2CCCO2)cc1. The third-order valence-corrected chi connectivity index (χ3v) is 7.99. The van der Waals surface area contributed by atoms with Crippen LogP contribution in [0.3, 0.4) is 0 Å². The summed E-state index contributed by atoms with van der Waals surface area (Å²) in [5, 5.41) is 2.04. The van der Waals surface area contributed by atoms with Crippen LogP contribution in [-0.2, 0) is 16.0 Å². The smallest absolute Gasteiger partial charge is 0.254 e. The Hall–Kier alpha value is -3.23. The van der Waals surface area contributed by atoms with E-state index in [1.807, 2.05) is 47.5 Å². The summed E-state index contributed by atoms with van der Waals surface area (Å²) in [4.78, 5) is 31.9. The number of carbonyl (C=O) groups is 2. The number of fused-ring (bicyclic) bond motifs is 1. The Morgan fingerprint density at radius 3 is 2.65 bits per heavy atom. The van der Waals surface area contributed by atoms with Gasteiger partial charge in [0.05, 0.1) is 12.1 Å². The minimum Gasteiger partial charge on any atom is -0.491 e. The molecule has 0 saturated carbocycles. The maximum absolute atomic E-state index is 13.8. The lowest BCUT2D eigenvalue weighted by Gasteiger charge is -2.37. The molecule has 2 atom stereocenters. The molecule has 0 unspecified atom stereocenters. The summed E-state index contributed by atoms with van der Waals surface area (Å²) in [6.07, 6.45) is 2.54. The molecule has 2 amide bonds. The van der Waals surface area contributed by atoms with Crippen LogP contribution in [0.2, 0.25) is 0 Å². The molecule has 1 saturated heterocycles. The second-order valence-electron chi connectivity index (χ2n) is 9.60. The van der Waals surface area contributed by atoms with E-state index in [0.717, 1.165) is 30.4 Å². The van der Waals surface area contributed by atoms with Gasteiger partial charge in [-0.25, -0.2) is 4.39 Å². The van der Waals surface area contributed by atoms with Crippen molar-refractivity contribution in [1.82, 2.24) is 9.80 Å². The number of aryl methyl sites for hydroxylation is 1. The first kappa shape index (κ1) is 25.4. The number of amides is 2. The third kappa shape index (κ3) is 6.02. The van der Waals surface area contributed by atoms with Gasteiger partial charge < -0.3 is 19.3 Å². The van der Waals surface area contributed by atoms with Crippen molar-refractivity contribution in [3.05, 3.63) is 87.4 Å². The van der Waals surface area contributed by atoms with E-state index in [-0.39, 0.29) is 42.9 Å². The summed E-state index contributed by atoms with van der Waals surface area (Å²) in [6.45, 7) is 3.81. The maximum Gasteiger partial charge on any atom is 0.254 e. The minimum absolute atomic E-state index is 0.0287. The van der Waals surface area contributed by atoms with Gasteiger partial charge in [0.15, 0.2) is 0 Å². The monoisotopic (exact) mass is 522 g/mol. The van der Waals surface area contributed by atoms with E-state index in [4.69, 9.17) is 9.47 Å². The molecule has 37 heavy (non-hydrogen) atoms. The predicted molar refractivity (Wildman–Crippen MR) is 140 cm³/mol. The van der Waals surface area contributed by atoms with Gasteiger partial charge in [-0.15, -0.1) is 11.3 Å². The first-order chi connectivity index (χ1) is 18.0. The van der Waals surface area contributed by atoms with Crippen molar-refractivity contribution in [3.8, 4) is 5.75 Å². The zero-order valence-corrected chi connectivity index (χ0v) is 21.7. The molecule has 2 aromatic carbocycles. The van der Waals surface area contributed by atoms with E-state index in [0.29, 0.717) is 31.0 Å². The van der Waals surface area contributed by atoms with Crippen molar-refractivity contribution in [1.29, 1.82) is 0 Å². The Morgan fingerprint density at radius 2 is 1.92 bits per heavy atom. The molecule has 6 nitrogen and oxygen atoms in total. The van der Waals surface area contributed by atoms with Crippen molar-refractivity contribution in [3.63, 3.8) is 0 Å². The lowest BCUT2D eigenvalue weighted by Crippen LogP contribution is -2.49. The number of thiophene rings is 1. The van der Waals surface area contributed by atoms with Crippen LogP contribution in [0, 0.1) is 12.7 Å². The van der Waals surface area contributed by atoms with E-state index in [2.05, 4.69) is 0 Å². The number of ether oxygens (including phenoxy) is 2. The Balaban J connectivity index is 1.34. The van der Waals surface area contributed by atoms with Gasteiger partial charge in [0.1, 0.15) is 24.7 Å². The molecule has 3 aromatic rings. The number of halogens is 1. The largest absolute Gasteiger partial charge is 0.491 e. The summed E-state index contributed by atoms with van der Waals surface area (Å²) >= 11 is 1.68. The van der Waals surface area contributed by atoms with E-state index >= 15 is 0 Å². The van der Waals surface area contributed by atoms with E-state index in [9.17, 15) is 14.0 Å². The number of nitrogens with zero attached hydrogens (tertiary/aromatic N) is 2. The summed E-state index contributed by atoms with van der Waals surface area (Å²) in [7, 11) is 0. The quantitative estimate of drug-likeness (QED) is 0.417. The molecule has 2 aliphatic rings. The van der Waals surface area contributed by atoms with Crippen molar-refractivity contribution < 1.29 is 23.5 Å². The van der Waals surface area contributed by atoms with Crippen molar-refractivity contribution in [2.75, 3.05) is 32.8 Å². The Kier molecular flexibility index (Phi) is 7.86. The molecule has 1 fully saturated rings. The Labute approximate surface area is 220 Å². The molecule has 0 N–H and O–H groups in total. The first-order valence-electron chi connectivity index (χ1n) is 12.7. The Morgan fingerprint density at radius 1 is 1.14 bits per heavy atom. The highest BCUT2D eigenvalue weighted by atomic mass is 32.1. The summed E-state index contributed by atoms with van der Waals surface area (Å²) in [5.41, 5.74) is 2.70. The van der Waals surface area contributed by atoms with Crippen LogP contribution < -0.4 is 4.74 Å². The van der Waals surface area contributed by atoms with Gasteiger partial charge in [-0.05, 0) is 79.6 Å². The fourth-order valence-electron chi connectivity index (χ4n) is 4.97. The predicted octanol–water partition coefficient (Wildman–Crippen LogP) is 5.02. The first-order valence-corrected chi connectivity index (χ1v) is 13.6. The average molecular weight is 523 g/mol. The molecule has 3 heterocycles. The highest BCUT2D eigenvalue weighted by Crippen LogP contribution is 2.34. The molecule has 0 bridgehead atoms. The van der Waals surface area contributed by atoms with Crippen LogP contribution in [0.5, 0.6) is 5.75 Å². The van der Waals surface area contributed by atoms with Crippen LogP contribution >= 0.6 is 11.3 Å². The van der Waals surface area contributed by atoms with Gasteiger partial charge in [-0.3, -0.25) is 9.59 Å². The van der Waals surface area contributed by atoms with E-state index in [1.54, 1.807) is 28.4 Å². The topological polar surface area (TPSA) is 59.1 Å².